The lowest BCUT2D eigenvalue weighted by molar-refractivity contribution is 0.0994. The highest BCUT2D eigenvalue weighted by atomic mass is 32.2. The van der Waals surface area contributed by atoms with Gasteiger partial charge in [0.15, 0.2) is 11.6 Å². The molecule has 11 nitrogen and oxygen atoms in total. The molecule has 0 saturated heterocycles. The Morgan fingerprint density at radius 1 is 0.818 bits per heavy atom. The van der Waals surface area contributed by atoms with Crippen LogP contribution in [-0.4, -0.2) is 20.0 Å². The molecule has 0 amide bonds. The lowest BCUT2D eigenvalue weighted by atomic mass is 9.95. The van der Waals surface area contributed by atoms with Gasteiger partial charge in [-0.15, -0.1) is 0 Å². The molecular formula is C10H7N7O4S-2. The fraction of sp³-hybridized carbons (Fsp3) is 0. The summed E-state index contributed by atoms with van der Waals surface area (Å²) in [6.45, 7) is 0. The zero-order valence-electron chi connectivity index (χ0n) is 10.7. The molecule has 1 aromatic carbocycles. The Labute approximate surface area is 125 Å². The van der Waals surface area contributed by atoms with Gasteiger partial charge in [-0.2, -0.15) is 13.2 Å². The second kappa shape index (κ2) is 12.6. The third-order valence-corrected chi connectivity index (χ3v) is 1.84. The van der Waals surface area contributed by atoms with Gasteiger partial charge in [-0.25, -0.2) is 0 Å². The van der Waals surface area contributed by atoms with Crippen molar-refractivity contribution in [3.8, 4) is 0 Å². The van der Waals surface area contributed by atoms with Crippen LogP contribution in [0.25, 0.3) is 31.9 Å². The van der Waals surface area contributed by atoms with Crippen LogP contribution in [-0.2, 0) is 10.5 Å². The molecule has 0 fully saturated rings. The van der Waals surface area contributed by atoms with E-state index in [4.69, 9.17) is 35.3 Å². The first kappa shape index (κ1) is 20.8. The zero-order valence-corrected chi connectivity index (χ0v) is 11.5. The van der Waals surface area contributed by atoms with E-state index in [9.17, 15) is 9.59 Å². The number of ketones is 2. The smallest absolute Gasteiger partial charge is 0.308 e. The van der Waals surface area contributed by atoms with Gasteiger partial charge in [-0.05, 0) is 12.2 Å². The van der Waals surface area contributed by atoms with Crippen LogP contribution in [0.1, 0.15) is 20.7 Å². The van der Waals surface area contributed by atoms with Gasteiger partial charge in [0.05, 0.1) is 0 Å². The number of fused-ring (bicyclic) bond motifs is 1. The molecular weight excluding hydrogens is 314 g/mol. The molecule has 0 saturated carbocycles. The zero-order chi connectivity index (χ0) is 17.5. The van der Waals surface area contributed by atoms with Gasteiger partial charge >= 0.3 is 10.5 Å². The minimum absolute atomic E-state index is 0.0924. The van der Waals surface area contributed by atoms with Crippen LogP contribution in [0.2, 0.25) is 0 Å². The average molecular weight is 321 g/mol. The molecule has 1 aliphatic rings. The summed E-state index contributed by atoms with van der Waals surface area (Å²) in [5, 5.41) is 0. The highest BCUT2D eigenvalue weighted by Crippen LogP contribution is 2.15. The Morgan fingerprint density at radius 2 is 1.05 bits per heavy atom. The molecule has 1 N–H and O–H groups in total. The van der Waals surface area contributed by atoms with Gasteiger partial charge in [-0.1, -0.05) is 24.3 Å². The highest BCUT2D eigenvalue weighted by molar-refractivity contribution is 7.60. The lowest BCUT2D eigenvalue weighted by Gasteiger charge is -2.06. The molecule has 0 aliphatic heterocycles. The molecule has 0 atom stereocenters. The Bertz CT molecular complexity index is 686. The van der Waals surface area contributed by atoms with E-state index in [2.05, 4.69) is 0 Å². The van der Waals surface area contributed by atoms with Crippen LogP contribution < -0.4 is 0 Å². The normalized spacial score (nSPS) is 9.82. The van der Waals surface area contributed by atoms with E-state index in [1.807, 2.05) is 0 Å². The summed E-state index contributed by atoms with van der Waals surface area (Å²) in [6, 6.07) is 6.84. The summed E-state index contributed by atoms with van der Waals surface area (Å²) in [6.07, 6.45) is 2.62. The molecule has 0 spiro atoms. The number of nitrogens with one attached hydrogen (secondary N) is 1. The fourth-order valence-electron chi connectivity index (χ4n) is 1.24. The average Bonchev–Trinajstić information content (AvgIpc) is 2.45. The van der Waals surface area contributed by atoms with Crippen molar-refractivity contribution in [1.29, 1.82) is 4.78 Å². The Kier molecular flexibility index (Phi) is 11.9. The highest BCUT2D eigenvalue weighted by Gasteiger charge is 2.16. The molecule has 0 bridgehead atoms. The van der Waals surface area contributed by atoms with Crippen molar-refractivity contribution in [1.82, 2.24) is 0 Å². The van der Waals surface area contributed by atoms with E-state index >= 15 is 0 Å². The third-order valence-electron chi connectivity index (χ3n) is 1.84. The molecule has 0 radical (unpaired) electrons. The Balaban J connectivity index is 0. The summed E-state index contributed by atoms with van der Waals surface area (Å²) < 4.78 is 22.8. The van der Waals surface area contributed by atoms with Crippen LogP contribution >= 0.6 is 0 Å². The number of rotatable bonds is 0. The molecule has 1 aliphatic carbocycles. The summed E-state index contributed by atoms with van der Waals surface area (Å²) in [5.74, 6) is -0.185. The van der Waals surface area contributed by atoms with Crippen molar-refractivity contribution in [2.45, 2.75) is 0 Å². The van der Waals surface area contributed by atoms with Crippen molar-refractivity contribution in [2.24, 2.45) is 0 Å². The van der Waals surface area contributed by atoms with Crippen LogP contribution in [0.15, 0.2) is 36.4 Å². The summed E-state index contributed by atoms with van der Waals surface area (Å²) >= 11 is 0. The third kappa shape index (κ3) is 9.47. The predicted octanol–water partition coefficient (Wildman–Crippen LogP) is 2.98. The van der Waals surface area contributed by atoms with Gasteiger partial charge in [0.1, 0.15) is 0 Å². The van der Waals surface area contributed by atoms with Crippen molar-refractivity contribution in [3.05, 3.63) is 79.5 Å². The van der Waals surface area contributed by atoms with Crippen molar-refractivity contribution in [3.63, 3.8) is 0 Å². The minimum Gasteiger partial charge on any atom is -0.373 e. The summed E-state index contributed by atoms with van der Waals surface area (Å²) in [4.78, 5) is 25.4. The van der Waals surface area contributed by atoms with Crippen LogP contribution in [0.3, 0.4) is 0 Å². The number of hydrogen-bond acceptors (Lipinski definition) is 5. The van der Waals surface area contributed by atoms with Gasteiger partial charge < -0.3 is 22.1 Å². The number of benzene rings is 1. The van der Waals surface area contributed by atoms with Crippen LogP contribution in [0.5, 0.6) is 0 Å². The molecule has 0 aromatic heterocycles. The fourth-order valence-corrected chi connectivity index (χ4v) is 1.24. The number of nitrogens with zero attached hydrogens (tertiary/aromatic N) is 6. The first-order valence-corrected chi connectivity index (χ1v) is 6.06. The summed E-state index contributed by atoms with van der Waals surface area (Å²) in [7, 11) is -2.61. The first-order valence-electron chi connectivity index (χ1n) is 4.98. The summed E-state index contributed by atoms with van der Waals surface area (Å²) in [5.41, 5.74) is 28.0. The quantitative estimate of drug-likeness (QED) is 0.433. The monoisotopic (exact) mass is 321 g/mol. The maximum Gasteiger partial charge on any atom is 0.308 e. The Morgan fingerprint density at radius 3 is 1.27 bits per heavy atom. The number of carbonyl (C=O) groups excluding carboxylic acids is 2. The topological polar surface area (TPSA) is 210 Å². The van der Waals surface area contributed by atoms with E-state index in [1.54, 1.807) is 24.3 Å². The van der Waals surface area contributed by atoms with Crippen molar-refractivity contribution >= 4 is 22.1 Å². The molecule has 0 unspecified atom stereocenters. The molecule has 2 rings (SSSR count). The molecule has 22 heavy (non-hydrogen) atoms. The van der Waals surface area contributed by atoms with Crippen LogP contribution in [0.4, 0.5) is 0 Å². The SMILES string of the molecule is N=S(=O)=O.O=C1C=CC(=O)c2ccccc21.[N-]=[N+]=[N-].[N-]=[N+]=[N-]. The largest absolute Gasteiger partial charge is 0.373 e. The van der Waals surface area contributed by atoms with E-state index in [0.29, 0.717) is 11.1 Å². The lowest BCUT2D eigenvalue weighted by Crippen LogP contribution is -2.10. The van der Waals surface area contributed by atoms with Crippen LogP contribution in [0, 0.1) is 4.78 Å². The number of carbonyl (C=O) groups is 2. The molecule has 12 heteroatoms. The van der Waals surface area contributed by atoms with E-state index in [0.717, 1.165) is 0 Å². The second-order valence-corrected chi connectivity index (χ2v) is 3.49. The van der Waals surface area contributed by atoms with Crippen molar-refractivity contribution in [2.75, 3.05) is 0 Å². The predicted molar refractivity (Wildman–Crippen MR) is 76.0 cm³/mol. The van der Waals surface area contributed by atoms with Gasteiger partial charge in [0.25, 0.3) is 0 Å². The molecule has 114 valence electrons. The van der Waals surface area contributed by atoms with E-state index in [1.165, 1.54) is 22.0 Å². The standard InChI is InChI=1S/C10H6O2.2N3.HNO2S/c11-9-5-6-10(12)8-4-2-1-3-7(8)9;2*1-3-2;1-4(2)3/h1-6H;;;1H/q;2*-1;. The Hall–Kier alpha value is -3.46. The van der Waals surface area contributed by atoms with Gasteiger partial charge in [-0.3, -0.25) is 19.4 Å². The van der Waals surface area contributed by atoms with Crippen molar-refractivity contribution < 1.29 is 18.0 Å². The van der Waals surface area contributed by atoms with Gasteiger partial charge in [0.2, 0.25) is 0 Å². The maximum absolute atomic E-state index is 11.2. The molecule has 0 heterocycles. The maximum atomic E-state index is 11.2. The number of hydrogen-bond donors (Lipinski definition) is 1. The minimum atomic E-state index is -2.61. The second-order valence-electron chi connectivity index (χ2n) is 3.02. The van der Waals surface area contributed by atoms with E-state index < -0.39 is 10.5 Å². The number of allylic oxidation sites excluding steroid dienone is 2. The van der Waals surface area contributed by atoms with E-state index in [-0.39, 0.29) is 11.6 Å². The van der Waals surface area contributed by atoms with Gasteiger partial charge in [0, 0.05) is 11.1 Å². The molecule has 1 aromatic rings. The first-order chi connectivity index (χ1) is 10.3.